The maximum absolute atomic E-state index is 12.1. The van der Waals surface area contributed by atoms with Gasteiger partial charge in [-0.15, -0.1) is 0 Å². The lowest BCUT2D eigenvalue weighted by Crippen LogP contribution is -2.15. The molecule has 0 radical (unpaired) electrons. The van der Waals surface area contributed by atoms with E-state index in [0.29, 0.717) is 5.82 Å². The molecule has 0 saturated heterocycles. The van der Waals surface area contributed by atoms with Crippen molar-refractivity contribution in [2.24, 2.45) is 0 Å². The van der Waals surface area contributed by atoms with Crippen LogP contribution in [0.2, 0.25) is 0 Å². The molecular weight excluding hydrogens is 270 g/mol. The molecule has 0 saturated carbocycles. The van der Waals surface area contributed by atoms with Gasteiger partial charge in [-0.2, -0.15) is 11.8 Å². The second-order valence-corrected chi connectivity index (χ2v) is 5.69. The molecule has 20 heavy (non-hydrogen) atoms. The van der Waals surface area contributed by atoms with Crippen LogP contribution in [-0.4, -0.2) is 15.0 Å². The fourth-order valence-electron chi connectivity index (χ4n) is 2.49. The van der Waals surface area contributed by atoms with Crippen molar-refractivity contribution in [2.75, 3.05) is 0 Å². The van der Waals surface area contributed by atoms with Gasteiger partial charge in [0.25, 0.3) is 5.56 Å². The maximum atomic E-state index is 12.1. The van der Waals surface area contributed by atoms with E-state index in [1.807, 2.05) is 30.3 Å². The first-order chi connectivity index (χ1) is 9.83. The molecule has 5 heteroatoms. The monoisotopic (exact) mass is 281 g/mol. The topological polar surface area (TPSA) is 58.6 Å². The van der Waals surface area contributed by atoms with Crippen molar-refractivity contribution in [3.8, 4) is 11.4 Å². The highest BCUT2D eigenvalue weighted by atomic mass is 32.2. The Kier molecular flexibility index (Phi) is 2.60. The van der Waals surface area contributed by atoms with Gasteiger partial charge in [-0.05, 0) is 12.1 Å². The lowest BCUT2D eigenvalue weighted by atomic mass is 10.1. The van der Waals surface area contributed by atoms with E-state index in [0.717, 1.165) is 39.2 Å². The van der Waals surface area contributed by atoms with Crippen LogP contribution < -0.4 is 5.56 Å². The van der Waals surface area contributed by atoms with E-state index < -0.39 is 0 Å². The zero-order valence-electron chi connectivity index (χ0n) is 10.6. The SMILES string of the molecule is O=c1[nH]c(-c2ccnc3ccccc23)nc2c1CSC2. The predicted octanol–water partition coefficient (Wildman–Crippen LogP) is 2.73. The van der Waals surface area contributed by atoms with Crippen molar-refractivity contribution in [1.82, 2.24) is 15.0 Å². The average molecular weight is 281 g/mol. The van der Waals surface area contributed by atoms with Gasteiger partial charge >= 0.3 is 0 Å². The minimum Gasteiger partial charge on any atom is -0.306 e. The van der Waals surface area contributed by atoms with Crippen molar-refractivity contribution in [1.29, 1.82) is 0 Å². The van der Waals surface area contributed by atoms with Crippen molar-refractivity contribution in [3.63, 3.8) is 0 Å². The molecule has 0 fully saturated rings. The van der Waals surface area contributed by atoms with Crippen LogP contribution in [0.3, 0.4) is 0 Å². The van der Waals surface area contributed by atoms with E-state index in [9.17, 15) is 4.79 Å². The normalized spacial score (nSPS) is 13.6. The van der Waals surface area contributed by atoms with Gasteiger partial charge in [-0.3, -0.25) is 9.78 Å². The zero-order valence-corrected chi connectivity index (χ0v) is 11.4. The maximum Gasteiger partial charge on any atom is 0.255 e. The molecule has 98 valence electrons. The zero-order chi connectivity index (χ0) is 13.5. The Morgan fingerprint density at radius 2 is 2.05 bits per heavy atom. The van der Waals surface area contributed by atoms with Crippen LogP contribution >= 0.6 is 11.8 Å². The third kappa shape index (κ3) is 1.74. The number of benzene rings is 1. The molecule has 0 unspecified atom stereocenters. The number of para-hydroxylation sites is 1. The summed E-state index contributed by atoms with van der Waals surface area (Å²) in [5, 5.41) is 1.00. The Balaban J connectivity index is 2.01. The Bertz CT molecular complexity index is 867. The van der Waals surface area contributed by atoms with Crippen LogP contribution in [0.4, 0.5) is 0 Å². The van der Waals surface area contributed by atoms with E-state index in [4.69, 9.17) is 0 Å². The number of aromatic amines is 1. The first-order valence-electron chi connectivity index (χ1n) is 6.37. The minimum absolute atomic E-state index is 0.0177. The fraction of sp³-hybridized carbons (Fsp3) is 0.133. The molecule has 0 aliphatic carbocycles. The summed E-state index contributed by atoms with van der Waals surface area (Å²) in [7, 11) is 0. The smallest absolute Gasteiger partial charge is 0.255 e. The first-order valence-corrected chi connectivity index (χ1v) is 7.52. The van der Waals surface area contributed by atoms with Crippen LogP contribution in [0.25, 0.3) is 22.3 Å². The van der Waals surface area contributed by atoms with Gasteiger partial charge in [-0.25, -0.2) is 4.98 Å². The summed E-state index contributed by atoms with van der Waals surface area (Å²) in [5.74, 6) is 2.21. The molecule has 3 heterocycles. The van der Waals surface area contributed by atoms with E-state index in [-0.39, 0.29) is 5.56 Å². The van der Waals surface area contributed by atoms with E-state index in [1.54, 1.807) is 18.0 Å². The number of nitrogens with one attached hydrogen (secondary N) is 1. The lowest BCUT2D eigenvalue weighted by molar-refractivity contribution is 1.03. The van der Waals surface area contributed by atoms with Crippen molar-refractivity contribution in [2.45, 2.75) is 11.5 Å². The number of fused-ring (bicyclic) bond motifs is 2. The molecule has 1 aliphatic heterocycles. The minimum atomic E-state index is -0.0177. The van der Waals surface area contributed by atoms with Crippen molar-refractivity contribution >= 4 is 22.7 Å². The van der Waals surface area contributed by atoms with Crippen LogP contribution in [0, 0.1) is 0 Å². The second-order valence-electron chi connectivity index (χ2n) is 4.71. The molecule has 0 bridgehead atoms. The molecule has 4 nitrogen and oxygen atoms in total. The van der Waals surface area contributed by atoms with Gasteiger partial charge in [0.15, 0.2) is 0 Å². The van der Waals surface area contributed by atoms with Gasteiger partial charge in [0, 0.05) is 34.2 Å². The molecule has 1 aliphatic rings. The number of pyridine rings is 1. The number of rotatable bonds is 1. The third-order valence-electron chi connectivity index (χ3n) is 3.49. The highest BCUT2D eigenvalue weighted by molar-refractivity contribution is 7.98. The van der Waals surface area contributed by atoms with E-state index in [1.165, 1.54) is 0 Å². The number of hydrogen-bond donors (Lipinski definition) is 1. The highest BCUT2D eigenvalue weighted by Gasteiger charge is 2.18. The molecule has 1 aromatic carbocycles. The highest BCUT2D eigenvalue weighted by Crippen LogP contribution is 2.29. The summed E-state index contributed by atoms with van der Waals surface area (Å²) in [5.41, 5.74) is 3.54. The number of aromatic nitrogens is 3. The fourth-order valence-corrected chi connectivity index (χ4v) is 3.53. The number of thioether (sulfide) groups is 1. The Morgan fingerprint density at radius 1 is 1.15 bits per heavy atom. The van der Waals surface area contributed by atoms with Crippen molar-refractivity contribution in [3.05, 3.63) is 58.1 Å². The number of hydrogen-bond acceptors (Lipinski definition) is 4. The Morgan fingerprint density at radius 3 is 3.00 bits per heavy atom. The van der Waals surface area contributed by atoms with Crippen LogP contribution in [0.15, 0.2) is 41.3 Å². The molecule has 2 aromatic heterocycles. The summed E-state index contributed by atoms with van der Waals surface area (Å²) < 4.78 is 0. The Labute approximate surface area is 119 Å². The van der Waals surface area contributed by atoms with Gasteiger partial charge in [-0.1, -0.05) is 18.2 Å². The first kappa shape index (κ1) is 11.7. The van der Waals surface area contributed by atoms with Gasteiger partial charge in [0.2, 0.25) is 0 Å². The largest absolute Gasteiger partial charge is 0.306 e. The van der Waals surface area contributed by atoms with Crippen LogP contribution in [0.5, 0.6) is 0 Å². The molecule has 0 atom stereocenters. The average Bonchev–Trinajstić information content (AvgIpc) is 2.95. The van der Waals surface area contributed by atoms with Crippen LogP contribution in [0.1, 0.15) is 11.3 Å². The number of H-pyrrole nitrogens is 1. The standard InChI is InChI=1S/C15H11N3OS/c19-15-11-7-20-8-13(11)17-14(18-15)10-5-6-16-12-4-2-1-3-9(10)12/h1-6H,7-8H2,(H,17,18,19). The molecular formula is C15H11N3OS. The molecule has 1 N–H and O–H groups in total. The Hall–Kier alpha value is -2.14. The van der Waals surface area contributed by atoms with E-state index >= 15 is 0 Å². The summed E-state index contributed by atoms with van der Waals surface area (Å²) in [4.78, 5) is 24.0. The predicted molar refractivity (Wildman–Crippen MR) is 80.6 cm³/mol. The summed E-state index contributed by atoms with van der Waals surface area (Å²) in [6.45, 7) is 0. The quantitative estimate of drug-likeness (QED) is 0.745. The lowest BCUT2D eigenvalue weighted by Gasteiger charge is -2.06. The third-order valence-corrected chi connectivity index (χ3v) is 4.46. The molecule has 4 rings (SSSR count). The van der Waals surface area contributed by atoms with Crippen molar-refractivity contribution < 1.29 is 0 Å². The molecule has 0 spiro atoms. The molecule has 0 amide bonds. The number of nitrogens with zero attached hydrogens (tertiary/aromatic N) is 2. The van der Waals surface area contributed by atoms with Gasteiger partial charge in [0.1, 0.15) is 5.82 Å². The summed E-state index contributed by atoms with van der Waals surface area (Å²) in [6.07, 6.45) is 1.75. The summed E-state index contributed by atoms with van der Waals surface area (Å²) in [6, 6.07) is 9.78. The van der Waals surface area contributed by atoms with Crippen LogP contribution in [-0.2, 0) is 11.5 Å². The van der Waals surface area contributed by atoms with E-state index in [2.05, 4.69) is 15.0 Å². The van der Waals surface area contributed by atoms with Gasteiger partial charge < -0.3 is 4.98 Å². The molecule has 3 aromatic rings. The van der Waals surface area contributed by atoms with Gasteiger partial charge in [0.05, 0.1) is 11.2 Å². The summed E-state index contributed by atoms with van der Waals surface area (Å²) >= 11 is 1.73. The second kappa shape index (κ2) is 4.45.